The van der Waals surface area contributed by atoms with Crippen LogP contribution in [0.2, 0.25) is 0 Å². The Balaban J connectivity index is 3.44. The average molecular weight is 269 g/mol. The van der Waals surface area contributed by atoms with Gasteiger partial charge in [0, 0.05) is 12.5 Å². The van der Waals surface area contributed by atoms with E-state index in [0.717, 1.165) is 6.08 Å². The van der Waals surface area contributed by atoms with Crippen LogP contribution in [0.3, 0.4) is 0 Å². The Hall–Kier alpha value is -1.73. The van der Waals surface area contributed by atoms with Crippen molar-refractivity contribution in [2.24, 2.45) is 0 Å². The van der Waals surface area contributed by atoms with Crippen molar-refractivity contribution in [3.63, 3.8) is 0 Å². The lowest BCUT2D eigenvalue weighted by molar-refractivity contribution is -0.137. The first kappa shape index (κ1) is 16.3. The van der Waals surface area contributed by atoms with Crippen molar-refractivity contribution in [2.75, 3.05) is 19.8 Å². The van der Waals surface area contributed by atoms with Gasteiger partial charge in [0.05, 0.1) is 13.2 Å². The van der Waals surface area contributed by atoms with Gasteiger partial charge in [0.1, 0.15) is 6.61 Å². The third kappa shape index (κ3) is 10.8. The summed E-state index contributed by atoms with van der Waals surface area (Å²) in [5.74, 6) is -0.629. The molecule has 0 spiro atoms. The second-order valence-electron chi connectivity index (χ2n) is 3.15. The molecule has 8 heteroatoms. The van der Waals surface area contributed by atoms with Crippen molar-refractivity contribution in [2.45, 2.75) is 19.0 Å². The number of alkyl carbamates (subject to hydrolysis) is 1. The van der Waals surface area contributed by atoms with Crippen LogP contribution in [0, 0.1) is 0 Å². The van der Waals surface area contributed by atoms with Gasteiger partial charge in [-0.2, -0.15) is 13.2 Å². The van der Waals surface area contributed by atoms with Gasteiger partial charge in [-0.1, -0.05) is 6.58 Å². The van der Waals surface area contributed by atoms with Crippen molar-refractivity contribution in [3.8, 4) is 0 Å². The molecule has 104 valence electrons. The average Bonchev–Trinajstić information content (AvgIpc) is 2.28. The summed E-state index contributed by atoms with van der Waals surface area (Å²) in [6, 6.07) is 0. The number of carbonyl (C=O) groups is 2. The van der Waals surface area contributed by atoms with Crippen LogP contribution in [0.1, 0.15) is 12.8 Å². The molecule has 0 aliphatic carbocycles. The molecule has 0 bridgehead atoms. The summed E-state index contributed by atoms with van der Waals surface area (Å²) < 4.78 is 44.2. The third-order valence-corrected chi connectivity index (χ3v) is 1.62. The number of ether oxygens (including phenoxy) is 2. The molecule has 5 nitrogen and oxygen atoms in total. The van der Waals surface area contributed by atoms with E-state index in [4.69, 9.17) is 0 Å². The van der Waals surface area contributed by atoms with E-state index in [1.807, 2.05) is 0 Å². The van der Waals surface area contributed by atoms with Crippen LogP contribution in [0.15, 0.2) is 12.7 Å². The quantitative estimate of drug-likeness (QED) is 0.434. The second kappa shape index (κ2) is 8.37. The highest BCUT2D eigenvalue weighted by molar-refractivity contribution is 5.81. The number of hydrogen-bond acceptors (Lipinski definition) is 4. The molecule has 0 aliphatic rings. The van der Waals surface area contributed by atoms with Gasteiger partial charge in [0.2, 0.25) is 0 Å². The molecule has 0 aromatic heterocycles. The van der Waals surface area contributed by atoms with Gasteiger partial charge in [-0.05, 0) is 6.42 Å². The Morgan fingerprint density at radius 1 is 1.22 bits per heavy atom. The summed E-state index contributed by atoms with van der Waals surface area (Å²) in [5.41, 5.74) is 0. The fourth-order valence-electron chi connectivity index (χ4n) is 0.852. The lowest BCUT2D eigenvalue weighted by Crippen LogP contribution is -2.29. The summed E-state index contributed by atoms with van der Waals surface area (Å²) in [6.45, 7) is 2.79. The van der Waals surface area contributed by atoms with E-state index in [1.54, 1.807) is 0 Å². The first-order valence-electron chi connectivity index (χ1n) is 5.11. The molecule has 0 aromatic carbocycles. The van der Waals surface area contributed by atoms with E-state index < -0.39 is 24.7 Å². The molecule has 0 heterocycles. The minimum Gasteiger partial charge on any atom is -0.461 e. The molecule has 0 atom stereocenters. The minimum absolute atomic E-state index is 0.0116. The van der Waals surface area contributed by atoms with Crippen molar-refractivity contribution in [1.82, 2.24) is 5.32 Å². The molecular weight excluding hydrogens is 255 g/mol. The van der Waals surface area contributed by atoms with Crippen molar-refractivity contribution >= 4 is 12.1 Å². The molecule has 0 saturated carbocycles. The van der Waals surface area contributed by atoms with Crippen molar-refractivity contribution in [3.05, 3.63) is 12.7 Å². The number of rotatable bonds is 7. The van der Waals surface area contributed by atoms with Gasteiger partial charge in [0.25, 0.3) is 0 Å². The van der Waals surface area contributed by atoms with Crippen molar-refractivity contribution in [1.29, 1.82) is 0 Å². The lowest BCUT2D eigenvalue weighted by Gasteiger charge is -2.08. The highest BCUT2D eigenvalue weighted by Crippen LogP contribution is 2.20. The zero-order valence-electron chi connectivity index (χ0n) is 9.59. The molecule has 0 radical (unpaired) electrons. The van der Waals surface area contributed by atoms with Crippen LogP contribution in [0.4, 0.5) is 18.0 Å². The molecule has 1 amide bonds. The smallest absolute Gasteiger partial charge is 0.407 e. The molecule has 0 unspecified atom stereocenters. The first-order chi connectivity index (χ1) is 8.35. The Kier molecular flexibility index (Phi) is 7.57. The Morgan fingerprint density at radius 3 is 2.44 bits per heavy atom. The Morgan fingerprint density at radius 2 is 1.89 bits per heavy atom. The SMILES string of the molecule is C=CC(=O)OCCNC(=O)OCCCC(F)(F)F. The van der Waals surface area contributed by atoms with E-state index in [-0.39, 0.29) is 26.2 Å². The van der Waals surface area contributed by atoms with Gasteiger partial charge in [0.15, 0.2) is 0 Å². The summed E-state index contributed by atoms with van der Waals surface area (Å²) in [4.78, 5) is 21.5. The van der Waals surface area contributed by atoms with Gasteiger partial charge in [-0.15, -0.1) is 0 Å². The number of carbonyl (C=O) groups excluding carboxylic acids is 2. The normalized spacial score (nSPS) is 10.6. The molecular formula is C10H14F3NO4. The largest absolute Gasteiger partial charge is 0.461 e. The highest BCUT2D eigenvalue weighted by Gasteiger charge is 2.26. The Bertz CT molecular complexity index is 291. The standard InChI is InChI=1S/C10H14F3NO4/c1-2-8(15)17-7-5-14-9(16)18-6-3-4-10(11,12)13/h2H,1,3-7H2,(H,14,16). The second-order valence-corrected chi connectivity index (χ2v) is 3.15. The number of halogens is 3. The predicted octanol–water partition coefficient (Wildman–Crippen LogP) is 1.78. The summed E-state index contributed by atoms with van der Waals surface area (Å²) in [5, 5.41) is 2.21. The van der Waals surface area contributed by atoms with Crippen LogP contribution in [0.25, 0.3) is 0 Å². The third-order valence-electron chi connectivity index (χ3n) is 1.62. The highest BCUT2D eigenvalue weighted by atomic mass is 19.4. The van der Waals surface area contributed by atoms with Gasteiger partial charge < -0.3 is 14.8 Å². The van der Waals surface area contributed by atoms with Crippen LogP contribution >= 0.6 is 0 Å². The molecule has 18 heavy (non-hydrogen) atoms. The molecule has 0 aromatic rings. The summed E-state index contributed by atoms with van der Waals surface area (Å²) >= 11 is 0. The number of nitrogens with one attached hydrogen (secondary N) is 1. The monoisotopic (exact) mass is 269 g/mol. The van der Waals surface area contributed by atoms with Crippen LogP contribution in [-0.4, -0.2) is 38.0 Å². The zero-order chi connectivity index (χ0) is 14.0. The topological polar surface area (TPSA) is 64.6 Å². The molecule has 0 fully saturated rings. The van der Waals surface area contributed by atoms with Crippen LogP contribution in [0.5, 0.6) is 0 Å². The number of hydrogen-bond donors (Lipinski definition) is 1. The van der Waals surface area contributed by atoms with E-state index >= 15 is 0 Å². The fourth-order valence-corrected chi connectivity index (χ4v) is 0.852. The van der Waals surface area contributed by atoms with E-state index in [0.29, 0.717) is 0 Å². The van der Waals surface area contributed by atoms with E-state index in [2.05, 4.69) is 21.4 Å². The van der Waals surface area contributed by atoms with E-state index in [9.17, 15) is 22.8 Å². The number of esters is 1. The molecule has 0 rings (SSSR count). The van der Waals surface area contributed by atoms with Crippen LogP contribution < -0.4 is 5.32 Å². The summed E-state index contributed by atoms with van der Waals surface area (Å²) in [6.07, 6.45) is -5.43. The molecule has 1 N–H and O–H groups in total. The minimum atomic E-state index is -4.25. The molecule has 0 saturated heterocycles. The first-order valence-corrected chi connectivity index (χ1v) is 5.11. The van der Waals surface area contributed by atoms with Gasteiger partial charge in [-0.25, -0.2) is 9.59 Å². The maximum atomic E-state index is 11.7. The van der Waals surface area contributed by atoms with Gasteiger partial charge >= 0.3 is 18.2 Å². The maximum absolute atomic E-state index is 11.7. The number of amides is 1. The predicted molar refractivity (Wildman–Crippen MR) is 55.8 cm³/mol. The fraction of sp³-hybridized carbons (Fsp3) is 0.600. The van der Waals surface area contributed by atoms with Gasteiger partial charge in [-0.3, -0.25) is 0 Å². The number of alkyl halides is 3. The Labute approximate surface area is 102 Å². The van der Waals surface area contributed by atoms with E-state index in [1.165, 1.54) is 0 Å². The summed E-state index contributed by atoms with van der Waals surface area (Å²) in [7, 11) is 0. The maximum Gasteiger partial charge on any atom is 0.407 e. The zero-order valence-corrected chi connectivity index (χ0v) is 9.59. The van der Waals surface area contributed by atoms with Crippen molar-refractivity contribution < 1.29 is 32.2 Å². The molecule has 0 aliphatic heterocycles. The lowest BCUT2D eigenvalue weighted by atomic mass is 10.3. The van der Waals surface area contributed by atoms with Crippen LogP contribution in [-0.2, 0) is 14.3 Å².